The van der Waals surface area contributed by atoms with Crippen LogP contribution in [-0.2, 0) is 0 Å². The molecule has 144 valence electrons. The van der Waals surface area contributed by atoms with Gasteiger partial charge in [-0.05, 0) is 49.2 Å². The summed E-state index contributed by atoms with van der Waals surface area (Å²) >= 11 is 0. The van der Waals surface area contributed by atoms with E-state index in [1.54, 1.807) is 29.2 Å². The number of benzene rings is 2. The molecule has 1 atom stereocenters. The third-order valence-corrected chi connectivity index (χ3v) is 4.89. The second-order valence-electron chi connectivity index (χ2n) is 6.92. The van der Waals surface area contributed by atoms with E-state index in [0.29, 0.717) is 18.8 Å². The maximum Gasteiger partial charge on any atom is 0.272 e. The van der Waals surface area contributed by atoms with E-state index in [9.17, 15) is 14.0 Å². The molecule has 1 aliphatic heterocycles. The van der Waals surface area contributed by atoms with Crippen LogP contribution in [0.1, 0.15) is 23.3 Å². The van der Waals surface area contributed by atoms with Gasteiger partial charge in [-0.25, -0.2) is 9.07 Å². The van der Waals surface area contributed by atoms with Crippen molar-refractivity contribution in [2.45, 2.75) is 18.9 Å². The number of hydrogen-bond donors (Lipinski definition) is 2. The van der Waals surface area contributed by atoms with Crippen LogP contribution in [0.5, 0.6) is 0 Å². The lowest BCUT2D eigenvalue weighted by atomic mass is 10.0. The van der Waals surface area contributed by atoms with Gasteiger partial charge in [0.2, 0.25) is 0 Å². The number of amides is 1. The van der Waals surface area contributed by atoms with Gasteiger partial charge in [0.1, 0.15) is 11.5 Å². The molecule has 1 fully saturated rings. The van der Waals surface area contributed by atoms with Crippen LogP contribution in [-0.4, -0.2) is 39.7 Å². The van der Waals surface area contributed by atoms with Crippen molar-refractivity contribution in [3.05, 3.63) is 82.5 Å². The Hall–Kier alpha value is -3.35. The van der Waals surface area contributed by atoms with Gasteiger partial charge in [0, 0.05) is 30.9 Å². The normalized spacial score (nSPS) is 16.8. The van der Waals surface area contributed by atoms with Gasteiger partial charge in [0.15, 0.2) is 0 Å². The number of carbonyl (C=O) groups is 1. The number of rotatable bonds is 4. The minimum absolute atomic E-state index is 0.0751. The Kier molecular flexibility index (Phi) is 4.97. The van der Waals surface area contributed by atoms with Gasteiger partial charge in [0.25, 0.3) is 11.5 Å². The molecule has 1 aromatic heterocycles. The Balaban J connectivity index is 1.47. The van der Waals surface area contributed by atoms with Crippen molar-refractivity contribution in [2.75, 3.05) is 18.4 Å². The Labute approximate surface area is 161 Å². The molecule has 28 heavy (non-hydrogen) atoms. The number of aromatic amines is 1. The lowest BCUT2D eigenvalue weighted by Gasteiger charge is -2.33. The molecule has 7 heteroatoms. The topological polar surface area (TPSA) is 70.1 Å². The number of hydrogen-bond acceptors (Lipinski definition) is 3. The molecule has 4 rings (SSSR count). The lowest BCUT2D eigenvalue weighted by Crippen LogP contribution is -2.45. The number of nitrogens with zero attached hydrogens (tertiary/aromatic N) is 2. The van der Waals surface area contributed by atoms with E-state index in [1.807, 2.05) is 18.2 Å². The first-order chi connectivity index (χ1) is 13.6. The van der Waals surface area contributed by atoms with Crippen molar-refractivity contribution >= 4 is 11.6 Å². The maximum absolute atomic E-state index is 13.1. The first-order valence-electron chi connectivity index (χ1n) is 9.29. The molecule has 0 unspecified atom stereocenters. The third kappa shape index (κ3) is 3.83. The fraction of sp³-hybridized carbons (Fsp3) is 0.238. The van der Waals surface area contributed by atoms with Crippen molar-refractivity contribution in [2.24, 2.45) is 0 Å². The maximum atomic E-state index is 13.1. The summed E-state index contributed by atoms with van der Waals surface area (Å²) in [6.07, 6.45) is 1.77. The molecule has 3 aromatic rings. The zero-order valence-corrected chi connectivity index (χ0v) is 15.3. The summed E-state index contributed by atoms with van der Waals surface area (Å²) < 4.78 is 14.4. The summed E-state index contributed by atoms with van der Waals surface area (Å²) in [5.41, 5.74) is 1.51. The van der Waals surface area contributed by atoms with Gasteiger partial charge in [0.05, 0.1) is 5.69 Å². The molecule has 0 spiro atoms. The Bertz CT molecular complexity index is 1010. The highest BCUT2D eigenvalue weighted by Gasteiger charge is 2.26. The zero-order valence-electron chi connectivity index (χ0n) is 15.3. The summed E-state index contributed by atoms with van der Waals surface area (Å²) in [7, 11) is 0. The molecule has 0 aliphatic carbocycles. The molecular weight excluding hydrogens is 359 g/mol. The lowest BCUT2D eigenvalue weighted by molar-refractivity contribution is 0.0708. The van der Waals surface area contributed by atoms with Crippen LogP contribution < -0.4 is 10.9 Å². The molecular formula is C21H21FN4O2. The van der Waals surface area contributed by atoms with E-state index in [0.717, 1.165) is 18.5 Å². The largest absolute Gasteiger partial charge is 0.381 e. The van der Waals surface area contributed by atoms with Gasteiger partial charge < -0.3 is 10.2 Å². The number of aromatic nitrogens is 2. The minimum atomic E-state index is -0.280. The number of nitrogens with one attached hydrogen (secondary N) is 2. The molecule has 6 nitrogen and oxygen atoms in total. The number of likely N-dealkylation sites (tertiary alicyclic amines) is 1. The van der Waals surface area contributed by atoms with Crippen LogP contribution in [0.15, 0.2) is 65.5 Å². The Morgan fingerprint density at radius 2 is 1.86 bits per heavy atom. The van der Waals surface area contributed by atoms with Crippen LogP contribution in [0.4, 0.5) is 10.1 Å². The summed E-state index contributed by atoms with van der Waals surface area (Å²) in [5.74, 6) is -0.477. The van der Waals surface area contributed by atoms with Crippen molar-refractivity contribution in [3.8, 4) is 5.69 Å². The van der Waals surface area contributed by atoms with Gasteiger partial charge in [-0.2, -0.15) is 0 Å². The first kappa shape index (κ1) is 18.0. The minimum Gasteiger partial charge on any atom is -0.381 e. The van der Waals surface area contributed by atoms with Crippen molar-refractivity contribution in [1.82, 2.24) is 14.7 Å². The van der Waals surface area contributed by atoms with Gasteiger partial charge in [-0.3, -0.25) is 14.7 Å². The highest BCUT2D eigenvalue weighted by molar-refractivity contribution is 5.92. The standard InChI is InChI=1S/C21H21FN4O2/c22-15-8-10-16(11-9-15)23-17-5-4-12-25(14-17)21(28)19-13-20(27)26(24-19)18-6-2-1-3-7-18/h1-3,6-11,13,17,23-24H,4-5,12,14H2/t17-/m1/s1. The Morgan fingerprint density at radius 3 is 2.61 bits per heavy atom. The highest BCUT2D eigenvalue weighted by Crippen LogP contribution is 2.18. The van der Waals surface area contributed by atoms with Gasteiger partial charge >= 0.3 is 0 Å². The molecule has 2 N–H and O–H groups in total. The first-order valence-corrected chi connectivity index (χ1v) is 9.29. The molecule has 0 saturated carbocycles. The van der Waals surface area contributed by atoms with E-state index in [4.69, 9.17) is 0 Å². The van der Waals surface area contributed by atoms with Crippen LogP contribution in [0, 0.1) is 5.82 Å². The van der Waals surface area contributed by atoms with E-state index in [-0.39, 0.29) is 29.0 Å². The molecule has 2 heterocycles. The van der Waals surface area contributed by atoms with Crippen molar-refractivity contribution in [1.29, 1.82) is 0 Å². The summed E-state index contributed by atoms with van der Waals surface area (Å²) in [6.45, 7) is 1.16. The number of H-pyrrole nitrogens is 1. The van der Waals surface area contributed by atoms with Crippen LogP contribution in [0.2, 0.25) is 0 Å². The van der Waals surface area contributed by atoms with E-state index < -0.39 is 0 Å². The number of para-hydroxylation sites is 1. The molecule has 1 amide bonds. The summed E-state index contributed by atoms with van der Waals surface area (Å²) in [4.78, 5) is 26.9. The van der Waals surface area contributed by atoms with E-state index >= 15 is 0 Å². The van der Waals surface area contributed by atoms with Crippen molar-refractivity contribution in [3.63, 3.8) is 0 Å². The van der Waals surface area contributed by atoms with Crippen molar-refractivity contribution < 1.29 is 9.18 Å². The molecule has 0 radical (unpaired) electrons. The van der Waals surface area contributed by atoms with Crippen LogP contribution in [0.3, 0.4) is 0 Å². The molecule has 1 aliphatic rings. The van der Waals surface area contributed by atoms with E-state index in [2.05, 4.69) is 10.4 Å². The smallest absolute Gasteiger partial charge is 0.272 e. The highest BCUT2D eigenvalue weighted by atomic mass is 19.1. The van der Waals surface area contributed by atoms with Gasteiger partial charge in [-0.1, -0.05) is 18.2 Å². The zero-order chi connectivity index (χ0) is 19.5. The molecule has 1 saturated heterocycles. The average molecular weight is 380 g/mol. The number of piperidine rings is 1. The predicted molar refractivity (Wildman–Crippen MR) is 105 cm³/mol. The summed E-state index contributed by atoms with van der Waals surface area (Å²) in [6, 6.07) is 16.7. The van der Waals surface area contributed by atoms with Crippen LogP contribution >= 0.6 is 0 Å². The Morgan fingerprint density at radius 1 is 1.11 bits per heavy atom. The second kappa shape index (κ2) is 7.72. The number of carbonyl (C=O) groups excluding carboxylic acids is 1. The average Bonchev–Trinajstić information content (AvgIpc) is 3.12. The SMILES string of the molecule is O=C(c1cc(=O)n(-c2ccccc2)[nH]1)N1CCC[C@@H](Nc2ccc(F)cc2)C1. The quantitative estimate of drug-likeness (QED) is 0.731. The molecule has 0 bridgehead atoms. The third-order valence-electron chi connectivity index (χ3n) is 4.89. The second-order valence-corrected chi connectivity index (χ2v) is 6.92. The van der Waals surface area contributed by atoms with Crippen LogP contribution in [0.25, 0.3) is 5.69 Å². The summed E-state index contributed by atoms with van der Waals surface area (Å²) in [5, 5.41) is 6.27. The fourth-order valence-corrected chi connectivity index (χ4v) is 3.51. The molecule has 2 aromatic carbocycles. The number of anilines is 1. The predicted octanol–water partition coefficient (Wildman–Crippen LogP) is 3.02. The fourth-order valence-electron chi connectivity index (χ4n) is 3.51. The van der Waals surface area contributed by atoms with E-state index in [1.165, 1.54) is 22.9 Å². The number of halogens is 1. The monoisotopic (exact) mass is 380 g/mol. The van der Waals surface area contributed by atoms with Gasteiger partial charge in [-0.15, -0.1) is 0 Å².